The van der Waals surface area contributed by atoms with Gasteiger partial charge in [0.1, 0.15) is 5.82 Å². The van der Waals surface area contributed by atoms with Crippen LogP contribution >= 0.6 is 0 Å². The number of benzene rings is 2. The topological polar surface area (TPSA) is 86.4 Å². The maximum Gasteiger partial charge on any atom is 0.243 e. The summed E-state index contributed by atoms with van der Waals surface area (Å²) >= 11 is 0. The lowest BCUT2D eigenvalue weighted by molar-refractivity contribution is -0.137. The molecule has 3 heterocycles. The lowest BCUT2D eigenvalue weighted by atomic mass is 9.96. The van der Waals surface area contributed by atoms with Crippen molar-refractivity contribution in [2.24, 2.45) is 5.92 Å². The van der Waals surface area contributed by atoms with Gasteiger partial charge in [0.2, 0.25) is 15.9 Å². The Kier molecular flexibility index (Phi) is 5.45. The van der Waals surface area contributed by atoms with Gasteiger partial charge >= 0.3 is 0 Å². The zero-order valence-corrected chi connectivity index (χ0v) is 20.1. The van der Waals surface area contributed by atoms with E-state index in [0.29, 0.717) is 30.8 Å². The minimum Gasteiger partial charge on any atom is -0.340 e. The molecule has 1 aromatic heterocycles. The van der Waals surface area contributed by atoms with Crippen molar-refractivity contribution in [1.82, 2.24) is 19.2 Å². The maximum absolute atomic E-state index is 13.5. The Balaban J connectivity index is 1.14. The van der Waals surface area contributed by atoms with Crippen LogP contribution in [0.1, 0.15) is 55.1 Å². The minimum atomic E-state index is -3.53. The molecule has 0 spiro atoms. The number of carbonyl (C=O) groups is 1. The monoisotopic (exact) mass is 478 g/mol. The summed E-state index contributed by atoms with van der Waals surface area (Å²) in [7, 11) is -3.53. The van der Waals surface area contributed by atoms with Crippen molar-refractivity contribution in [2.45, 2.75) is 55.9 Å². The molecule has 1 unspecified atom stereocenters. The van der Waals surface area contributed by atoms with Gasteiger partial charge in [-0.3, -0.25) is 4.79 Å². The summed E-state index contributed by atoms with van der Waals surface area (Å²) in [5.74, 6) is 0.845. The molecule has 178 valence electrons. The van der Waals surface area contributed by atoms with E-state index in [4.69, 9.17) is 4.98 Å². The summed E-state index contributed by atoms with van der Waals surface area (Å²) in [6.45, 7) is 1.51. The third-order valence-corrected chi connectivity index (χ3v) is 9.66. The molecule has 0 bridgehead atoms. The molecule has 8 heteroatoms. The van der Waals surface area contributed by atoms with Crippen LogP contribution in [0, 0.1) is 5.92 Å². The number of piperidine rings is 1. The fraction of sp³-hybridized carbons (Fsp3) is 0.462. The Morgan fingerprint density at radius 1 is 0.941 bits per heavy atom. The first-order chi connectivity index (χ1) is 16.5. The van der Waals surface area contributed by atoms with Gasteiger partial charge in [0.15, 0.2) is 0 Å². The molecule has 3 aromatic rings. The lowest BCUT2D eigenvalue weighted by Gasteiger charge is -2.34. The number of hydrogen-bond donors (Lipinski definition) is 1. The minimum absolute atomic E-state index is 0.0342. The summed E-state index contributed by atoms with van der Waals surface area (Å²) in [6, 6.07) is 13.5. The Hall–Kier alpha value is -2.71. The van der Waals surface area contributed by atoms with Crippen LogP contribution in [0.15, 0.2) is 47.4 Å². The molecule has 6 rings (SSSR count). The number of carbonyl (C=O) groups excluding carboxylic acids is 1. The quantitative estimate of drug-likeness (QED) is 0.618. The summed E-state index contributed by atoms with van der Waals surface area (Å²) in [5, 5.41) is 0. The van der Waals surface area contributed by atoms with E-state index >= 15 is 0 Å². The summed E-state index contributed by atoms with van der Waals surface area (Å²) in [6.07, 6.45) is 6.07. The molecule has 7 nitrogen and oxygen atoms in total. The molecule has 1 atom stereocenters. The molecular weight excluding hydrogens is 448 g/mol. The number of rotatable bonds is 4. The van der Waals surface area contributed by atoms with Crippen LogP contribution in [-0.2, 0) is 27.7 Å². The highest BCUT2D eigenvalue weighted by atomic mass is 32.2. The highest BCUT2D eigenvalue weighted by Crippen LogP contribution is 2.35. The van der Waals surface area contributed by atoms with E-state index in [1.165, 1.54) is 5.56 Å². The number of H-pyrrole nitrogens is 1. The Morgan fingerprint density at radius 2 is 1.74 bits per heavy atom. The van der Waals surface area contributed by atoms with Gasteiger partial charge in [-0.15, -0.1) is 0 Å². The predicted octanol–water partition coefficient (Wildman–Crippen LogP) is 3.82. The zero-order chi connectivity index (χ0) is 23.3. The van der Waals surface area contributed by atoms with Gasteiger partial charge in [-0.1, -0.05) is 18.2 Å². The smallest absolute Gasteiger partial charge is 0.243 e. The number of fused-ring (bicyclic) bond motifs is 2. The molecule has 1 amide bonds. The molecule has 2 aliphatic heterocycles. The fourth-order valence-corrected chi connectivity index (χ4v) is 7.40. The second kappa shape index (κ2) is 8.50. The van der Waals surface area contributed by atoms with Crippen molar-refractivity contribution in [1.29, 1.82) is 0 Å². The fourth-order valence-electron chi connectivity index (χ4n) is 5.88. The largest absolute Gasteiger partial charge is 0.340 e. The van der Waals surface area contributed by atoms with E-state index in [0.717, 1.165) is 61.1 Å². The first kappa shape index (κ1) is 21.8. The van der Waals surface area contributed by atoms with Crippen LogP contribution in [0.4, 0.5) is 0 Å². The van der Waals surface area contributed by atoms with Crippen molar-refractivity contribution < 1.29 is 13.2 Å². The summed E-state index contributed by atoms with van der Waals surface area (Å²) in [4.78, 5) is 24.0. The number of aromatic amines is 1. The summed E-state index contributed by atoms with van der Waals surface area (Å²) < 4.78 is 28.1. The highest BCUT2D eigenvalue weighted by molar-refractivity contribution is 7.89. The van der Waals surface area contributed by atoms with Crippen molar-refractivity contribution in [3.8, 4) is 0 Å². The van der Waals surface area contributed by atoms with Crippen molar-refractivity contribution >= 4 is 27.0 Å². The third kappa shape index (κ3) is 3.73. The summed E-state index contributed by atoms with van der Waals surface area (Å²) in [5.41, 5.74) is 4.34. The number of nitrogens with zero attached hydrogens (tertiary/aromatic N) is 3. The number of imidazole rings is 1. The molecule has 1 N–H and O–H groups in total. The van der Waals surface area contributed by atoms with Gasteiger partial charge in [0.05, 0.1) is 22.0 Å². The average Bonchev–Trinajstić information content (AvgIpc) is 3.61. The average molecular weight is 479 g/mol. The van der Waals surface area contributed by atoms with Crippen LogP contribution in [-0.4, -0.2) is 53.1 Å². The van der Waals surface area contributed by atoms with Crippen molar-refractivity contribution in [2.75, 3.05) is 19.6 Å². The molecular formula is C26H30N4O3S. The van der Waals surface area contributed by atoms with Gasteiger partial charge < -0.3 is 9.88 Å². The van der Waals surface area contributed by atoms with Crippen molar-refractivity contribution in [3.05, 3.63) is 59.4 Å². The number of sulfonamides is 1. The first-order valence-electron chi connectivity index (χ1n) is 12.4. The van der Waals surface area contributed by atoms with Gasteiger partial charge in [-0.2, -0.15) is 4.31 Å². The molecule has 2 saturated heterocycles. The third-order valence-electron chi connectivity index (χ3n) is 7.77. The number of likely N-dealkylation sites (tertiary alicyclic amines) is 1. The Bertz CT molecular complexity index is 1310. The van der Waals surface area contributed by atoms with Gasteiger partial charge in [0.25, 0.3) is 0 Å². The lowest BCUT2D eigenvalue weighted by Crippen LogP contribution is -2.44. The molecule has 1 aliphatic carbocycles. The maximum atomic E-state index is 13.5. The Labute approximate surface area is 200 Å². The van der Waals surface area contributed by atoms with E-state index in [2.05, 4.69) is 4.98 Å². The molecule has 34 heavy (non-hydrogen) atoms. The first-order valence-corrected chi connectivity index (χ1v) is 13.8. The van der Waals surface area contributed by atoms with E-state index in [1.807, 2.05) is 41.3 Å². The molecule has 2 aromatic carbocycles. The normalized spacial score (nSPS) is 21.9. The van der Waals surface area contributed by atoms with Crippen LogP contribution in [0.2, 0.25) is 0 Å². The van der Waals surface area contributed by atoms with Crippen LogP contribution in [0.5, 0.6) is 0 Å². The van der Waals surface area contributed by atoms with E-state index < -0.39 is 10.0 Å². The van der Waals surface area contributed by atoms with E-state index in [1.54, 1.807) is 10.4 Å². The number of amides is 1. The second-order valence-electron chi connectivity index (χ2n) is 9.79. The van der Waals surface area contributed by atoms with Crippen LogP contribution in [0.25, 0.3) is 11.0 Å². The molecule has 2 fully saturated rings. The van der Waals surface area contributed by atoms with E-state index in [9.17, 15) is 13.2 Å². The van der Waals surface area contributed by atoms with Crippen LogP contribution in [0.3, 0.4) is 0 Å². The predicted molar refractivity (Wildman–Crippen MR) is 130 cm³/mol. The van der Waals surface area contributed by atoms with Crippen molar-refractivity contribution in [3.63, 3.8) is 0 Å². The highest BCUT2D eigenvalue weighted by Gasteiger charge is 2.38. The van der Waals surface area contributed by atoms with Gasteiger partial charge in [-0.25, -0.2) is 13.4 Å². The van der Waals surface area contributed by atoms with Crippen LogP contribution < -0.4 is 0 Å². The molecule has 0 saturated carbocycles. The Morgan fingerprint density at radius 3 is 2.56 bits per heavy atom. The zero-order valence-electron chi connectivity index (χ0n) is 19.2. The number of aromatic nitrogens is 2. The number of para-hydroxylation sites is 2. The van der Waals surface area contributed by atoms with Gasteiger partial charge in [-0.05, 0) is 80.3 Å². The second-order valence-corrected chi connectivity index (χ2v) is 11.7. The number of nitrogens with one attached hydrogen (secondary N) is 1. The standard InChI is InChI=1S/C26H30N4O3S/c31-26(30-14-4-9-24(30)25-27-22-7-1-2-8-23(22)28-25)19-12-15-29(16-13-19)34(32,33)21-11-10-18-5-3-6-20(18)17-21/h1-2,7-8,10-11,17,19,24H,3-6,9,12-16H2,(H,27,28). The number of hydrogen-bond acceptors (Lipinski definition) is 4. The molecule has 3 aliphatic rings. The number of aryl methyl sites for hydroxylation is 2. The van der Waals surface area contributed by atoms with E-state index in [-0.39, 0.29) is 17.9 Å². The molecule has 0 radical (unpaired) electrons. The SMILES string of the molecule is O=C(C1CCN(S(=O)(=O)c2ccc3c(c2)CCC3)CC1)N1CCCC1c1nc2ccccc2[nH]1. The van der Waals surface area contributed by atoms with Gasteiger partial charge in [0, 0.05) is 25.6 Å².